The number of benzene rings is 3. The molecule has 3 aromatic rings. The normalized spacial score (nSPS) is 19.0. The van der Waals surface area contributed by atoms with E-state index in [0.29, 0.717) is 28.5 Å². The number of aliphatic carboxylic acids is 1. The third-order valence-electron chi connectivity index (χ3n) is 10.8. The maximum absolute atomic E-state index is 14.4. The second-order valence-electron chi connectivity index (χ2n) is 15.7. The van der Waals surface area contributed by atoms with Gasteiger partial charge >= 0.3 is 19.6 Å². The summed E-state index contributed by atoms with van der Waals surface area (Å²) in [6.45, 7) is 4.94. The number of phenolic OH excluding ortho intramolecular Hbond substituents is 1. The largest absolute Gasteiger partial charge is 0.508 e. The fourth-order valence-electron chi connectivity index (χ4n) is 7.06. The average molecular weight is 964 g/mol. The zero-order valence-corrected chi connectivity index (χ0v) is 38.6. The van der Waals surface area contributed by atoms with Crippen LogP contribution >= 0.6 is 42.6 Å². The van der Waals surface area contributed by atoms with Crippen LogP contribution < -0.4 is 40.9 Å². The molecular weight excluding hydrogens is 910 g/mol. The van der Waals surface area contributed by atoms with Crippen LogP contribution in [0.5, 0.6) is 17.2 Å². The van der Waals surface area contributed by atoms with E-state index in [-0.39, 0.29) is 65.3 Å². The van der Waals surface area contributed by atoms with Crippen LogP contribution in [0.1, 0.15) is 64.9 Å². The highest BCUT2D eigenvalue weighted by atomic mass is 35.5. The summed E-state index contributed by atoms with van der Waals surface area (Å²) in [5, 5.41) is 37.0. The highest BCUT2D eigenvalue weighted by Crippen LogP contribution is 2.52. The molecule has 8 atom stereocenters. The number of nitrogens with one attached hydrogen (secondary N) is 6. The van der Waals surface area contributed by atoms with Gasteiger partial charge in [0.25, 0.3) is 0 Å². The number of hydrogen-bond donors (Lipinski definition) is 8. The smallest absolute Gasteiger partial charge is 0.452 e. The van der Waals surface area contributed by atoms with Gasteiger partial charge in [0.1, 0.15) is 35.4 Å². The van der Waals surface area contributed by atoms with Crippen molar-refractivity contribution >= 4 is 78.2 Å². The van der Waals surface area contributed by atoms with Crippen LogP contribution in [0.2, 0.25) is 10.0 Å². The number of halogens is 2. The Hall–Kier alpha value is -5.16. The molecule has 346 valence electrons. The average Bonchev–Trinajstić information content (AvgIpc) is 3.81. The van der Waals surface area contributed by atoms with Gasteiger partial charge in [0.15, 0.2) is 5.78 Å². The van der Waals surface area contributed by atoms with Crippen molar-refractivity contribution in [3.63, 3.8) is 0 Å². The van der Waals surface area contributed by atoms with E-state index < -0.39 is 61.6 Å². The lowest BCUT2D eigenvalue weighted by Gasteiger charge is -2.29. The van der Waals surface area contributed by atoms with E-state index in [0.717, 1.165) is 18.6 Å². The summed E-state index contributed by atoms with van der Waals surface area (Å²) in [4.78, 5) is 79.1. The highest BCUT2D eigenvalue weighted by Gasteiger charge is 2.43. The number of carbonyl (C=O) groups excluding carboxylic acids is 5. The van der Waals surface area contributed by atoms with Gasteiger partial charge in [-0.1, -0.05) is 62.0 Å². The van der Waals surface area contributed by atoms with Crippen LogP contribution in [0.4, 0.5) is 4.79 Å². The molecule has 2 aliphatic rings. The van der Waals surface area contributed by atoms with Gasteiger partial charge in [0.2, 0.25) is 23.6 Å². The van der Waals surface area contributed by atoms with E-state index in [4.69, 9.17) is 32.2 Å². The molecule has 2 heterocycles. The minimum atomic E-state index is -4.40. The van der Waals surface area contributed by atoms with E-state index >= 15 is 0 Å². The van der Waals surface area contributed by atoms with E-state index in [2.05, 4.69) is 31.9 Å². The Morgan fingerprint density at radius 1 is 0.812 bits per heavy atom. The summed E-state index contributed by atoms with van der Waals surface area (Å²) in [5.41, 5.74) is 0.495. The molecular formula is C43H53Cl2N6O11PS. The molecule has 0 spiro atoms. The molecule has 0 bridgehead atoms. The van der Waals surface area contributed by atoms with Crippen molar-refractivity contribution in [1.82, 2.24) is 31.9 Å². The first-order valence-electron chi connectivity index (χ1n) is 20.8. The summed E-state index contributed by atoms with van der Waals surface area (Å²) in [6, 6.07) is 13.3. The third-order valence-corrected chi connectivity index (χ3v) is 14.9. The second-order valence-corrected chi connectivity index (χ2v) is 20.1. The minimum absolute atomic E-state index is 0.0493. The van der Waals surface area contributed by atoms with Gasteiger partial charge in [0, 0.05) is 33.9 Å². The standard InChI is InChI=1S/C43H53Cl2N6O11PS/c1-4-24(2)38(50-36(53)8-6-5-7-35-39-34(23-64-35)49-43(59)51-39)42(58)48-32(21-26-9-15-29(52)16-10-26)41(57)47-33(22-37(54)55)40(56)46-25(3)63(60,61-30-17-11-27(44)12-18-30)62-31-19-13-28(45)14-20-31/h9-20,24-25,32-35,38-39,52H,4-8,21-23H2,1-3H3,(H,46,56)(H,47,57)(H,48,58)(H,50,53)(H,54,55)(H2,49,51,59)/t24-,25?,32-,33-,34-,35-,38-,39-/m0/s1. The molecule has 0 radical (unpaired) electrons. The van der Waals surface area contributed by atoms with Gasteiger partial charge in [-0.25, -0.2) is 9.36 Å². The van der Waals surface area contributed by atoms with Gasteiger partial charge in [-0.05, 0) is 91.9 Å². The number of amides is 6. The lowest BCUT2D eigenvalue weighted by molar-refractivity contribution is -0.141. The Morgan fingerprint density at radius 2 is 1.39 bits per heavy atom. The molecule has 2 aliphatic heterocycles. The molecule has 0 saturated carbocycles. The molecule has 6 amide bonds. The molecule has 3 aromatic carbocycles. The highest BCUT2D eigenvalue weighted by molar-refractivity contribution is 8.00. The maximum Gasteiger partial charge on any atom is 0.452 e. The number of phenols is 1. The Labute approximate surface area is 385 Å². The van der Waals surface area contributed by atoms with Crippen molar-refractivity contribution in [2.24, 2.45) is 5.92 Å². The summed E-state index contributed by atoms with van der Waals surface area (Å²) in [7, 11) is -4.40. The molecule has 0 aliphatic carbocycles. The van der Waals surface area contributed by atoms with Crippen molar-refractivity contribution in [2.45, 2.75) is 107 Å². The first-order chi connectivity index (χ1) is 30.4. The van der Waals surface area contributed by atoms with Gasteiger partial charge in [-0.2, -0.15) is 11.8 Å². The predicted molar refractivity (Wildman–Crippen MR) is 243 cm³/mol. The second kappa shape index (κ2) is 23.2. The van der Waals surface area contributed by atoms with Crippen molar-refractivity contribution in [2.75, 3.05) is 5.75 Å². The molecule has 1 unspecified atom stereocenters. The quantitative estimate of drug-likeness (QED) is 0.0321. The van der Waals surface area contributed by atoms with E-state index in [1.54, 1.807) is 18.7 Å². The SMILES string of the molecule is CC[C@H](C)[C@H](NC(=O)CCCC[C@@H]1SC[C@@H]2NC(=O)N[C@@H]21)C(=O)N[C@@H](Cc1ccc(O)cc1)C(=O)N[C@@H](CC(=O)O)C(=O)NC(C)P(=O)(Oc1ccc(Cl)cc1)Oc1ccc(Cl)cc1. The van der Waals surface area contributed by atoms with Gasteiger partial charge in [0.05, 0.1) is 18.5 Å². The van der Waals surface area contributed by atoms with Crippen LogP contribution in [0, 0.1) is 5.92 Å². The number of urea groups is 1. The van der Waals surface area contributed by atoms with Crippen molar-refractivity contribution in [1.29, 1.82) is 0 Å². The molecule has 2 fully saturated rings. The Bertz CT molecular complexity index is 2120. The zero-order chi connectivity index (χ0) is 46.6. The fraction of sp³-hybridized carbons (Fsp3) is 0.442. The number of fused-ring (bicyclic) bond motifs is 1. The van der Waals surface area contributed by atoms with Crippen molar-refractivity contribution in [3.05, 3.63) is 88.4 Å². The topological polar surface area (TPSA) is 251 Å². The van der Waals surface area contributed by atoms with Crippen molar-refractivity contribution < 1.29 is 52.6 Å². The summed E-state index contributed by atoms with van der Waals surface area (Å²) in [6.07, 6.45) is 1.63. The monoisotopic (exact) mass is 962 g/mol. The lowest BCUT2D eigenvalue weighted by Crippen LogP contribution is -2.59. The molecule has 0 aromatic heterocycles. The fourth-order valence-corrected chi connectivity index (χ4v) is 10.3. The maximum atomic E-state index is 14.4. The molecule has 64 heavy (non-hydrogen) atoms. The number of carboxylic acid groups (broad SMARTS) is 1. The van der Waals surface area contributed by atoms with Crippen molar-refractivity contribution in [3.8, 4) is 17.2 Å². The molecule has 21 heteroatoms. The number of carboxylic acids is 1. The first-order valence-corrected chi connectivity index (χ1v) is 24.2. The number of thioether (sulfide) groups is 1. The van der Waals surface area contributed by atoms with Crippen LogP contribution in [-0.4, -0.2) is 92.8 Å². The Kier molecular flexibility index (Phi) is 18.0. The minimum Gasteiger partial charge on any atom is -0.508 e. The van der Waals surface area contributed by atoms with E-state index in [9.17, 15) is 43.5 Å². The van der Waals surface area contributed by atoms with Gasteiger partial charge in [-0.3, -0.25) is 24.0 Å². The summed E-state index contributed by atoms with van der Waals surface area (Å²) < 4.78 is 26.1. The van der Waals surface area contributed by atoms with E-state index in [1.807, 2.05) is 6.92 Å². The molecule has 17 nitrogen and oxygen atoms in total. The number of unbranched alkanes of at least 4 members (excludes halogenated alkanes) is 1. The van der Waals surface area contributed by atoms with Gasteiger partial charge in [-0.15, -0.1) is 0 Å². The molecule has 2 saturated heterocycles. The number of carbonyl (C=O) groups is 6. The zero-order valence-electron chi connectivity index (χ0n) is 35.4. The van der Waals surface area contributed by atoms with Crippen LogP contribution in [0.25, 0.3) is 0 Å². The third kappa shape index (κ3) is 14.4. The predicted octanol–water partition coefficient (Wildman–Crippen LogP) is 5.76. The number of rotatable bonds is 23. The first kappa shape index (κ1) is 49.8. The summed E-state index contributed by atoms with van der Waals surface area (Å²) >= 11 is 13.8. The molecule has 5 rings (SSSR count). The summed E-state index contributed by atoms with van der Waals surface area (Å²) in [5.74, 6) is -5.39. The van der Waals surface area contributed by atoms with Gasteiger partial charge < -0.3 is 51.2 Å². The van der Waals surface area contributed by atoms with Crippen LogP contribution in [0.3, 0.4) is 0 Å². The number of hydrogen-bond acceptors (Lipinski definition) is 11. The van der Waals surface area contributed by atoms with E-state index in [1.165, 1.54) is 79.7 Å². The molecule has 8 N–H and O–H groups in total. The van der Waals surface area contributed by atoms with Crippen LogP contribution in [-0.2, 0) is 35.0 Å². The number of aromatic hydroxyl groups is 1. The Balaban J connectivity index is 1.28. The Morgan fingerprint density at radius 3 is 1.97 bits per heavy atom. The lowest BCUT2D eigenvalue weighted by atomic mass is 9.96. The van der Waals surface area contributed by atoms with Crippen LogP contribution in [0.15, 0.2) is 72.8 Å².